The van der Waals surface area contributed by atoms with Gasteiger partial charge in [0.15, 0.2) is 0 Å². The summed E-state index contributed by atoms with van der Waals surface area (Å²) in [7, 11) is 0. The molecule has 0 saturated carbocycles. The Balaban J connectivity index is 0.00000200. The van der Waals surface area contributed by atoms with Crippen LogP contribution in [0.4, 0.5) is 0 Å². The first-order valence-electron chi connectivity index (χ1n) is 7.19. The molecule has 1 heterocycles. The van der Waals surface area contributed by atoms with Crippen LogP contribution in [0.25, 0.3) is 0 Å². The highest BCUT2D eigenvalue weighted by atomic mass is 35.5. The minimum Gasteiger partial charge on any atom is -0.348 e. The Kier molecular flexibility index (Phi) is 6.50. The third-order valence-electron chi connectivity index (χ3n) is 3.88. The number of halogens is 1. The predicted molar refractivity (Wildman–Crippen MR) is 85.4 cm³/mol. The van der Waals surface area contributed by atoms with E-state index in [2.05, 4.69) is 49.6 Å². The van der Waals surface area contributed by atoms with Crippen LogP contribution in [0.15, 0.2) is 18.2 Å². The Labute approximate surface area is 127 Å². The smallest absolute Gasteiger partial charge is 0.237 e. The van der Waals surface area contributed by atoms with Gasteiger partial charge in [0.1, 0.15) is 0 Å². The zero-order valence-corrected chi connectivity index (χ0v) is 13.3. The summed E-state index contributed by atoms with van der Waals surface area (Å²) in [6.45, 7) is 7.20. The lowest BCUT2D eigenvalue weighted by Crippen LogP contribution is -2.47. The molecule has 112 valence electrons. The molecule has 1 aromatic rings. The van der Waals surface area contributed by atoms with Crippen molar-refractivity contribution >= 4 is 18.3 Å². The molecule has 4 heteroatoms. The normalized spacial score (nSPS) is 19.9. The summed E-state index contributed by atoms with van der Waals surface area (Å²) < 4.78 is 0. The molecule has 1 saturated heterocycles. The number of rotatable bonds is 3. The van der Waals surface area contributed by atoms with Gasteiger partial charge in [0.25, 0.3) is 0 Å². The van der Waals surface area contributed by atoms with Crippen LogP contribution in [0.5, 0.6) is 0 Å². The molecule has 1 aliphatic heterocycles. The summed E-state index contributed by atoms with van der Waals surface area (Å²) >= 11 is 0. The molecule has 0 spiro atoms. The van der Waals surface area contributed by atoms with E-state index < -0.39 is 0 Å². The topological polar surface area (TPSA) is 41.1 Å². The monoisotopic (exact) mass is 296 g/mol. The lowest BCUT2D eigenvalue weighted by molar-refractivity contribution is -0.124. The summed E-state index contributed by atoms with van der Waals surface area (Å²) in [6, 6.07) is 6.43. The number of aryl methyl sites for hydroxylation is 2. The molecule has 1 aliphatic rings. The molecule has 1 aromatic carbocycles. The first-order chi connectivity index (χ1) is 9.08. The molecule has 2 N–H and O–H groups in total. The number of carbonyl (C=O) groups excluding carboxylic acids is 1. The van der Waals surface area contributed by atoms with Crippen LogP contribution in [-0.2, 0) is 4.79 Å². The summed E-state index contributed by atoms with van der Waals surface area (Å²) in [4.78, 5) is 12.2. The molecule has 20 heavy (non-hydrogen) atoms. The molecule has 1 unspecified atom stereocenters. The zero-order chi connectivity index (χ0) is 13.8. The van der Waals surface area contributed by atoms with Crippen molar-refractivity contribution in [2.45, 2.75) is 52.1 Å². The quantitative estimate of drug-likeness (QED) is 0.900. The predicted octanol–water partition coefficient (Wildman–Crippen LogP) is 3.04. The van der Waals surface area contributed by atoms with E-state index in [1.807, 2.05) is 0 Å². The molecule has 2 atom stereocenters. The summed E-state index contributed by atoms with van der Waals surface area (Å²) in [5.41, 5.74) is 3.70. The van der Waals surface area contributed by atoms with Crippen LogP contribution in [0.1, 0.15) is 48.9 Å². The minimum absolute atomic E-state index is 0. The molecule has 0 aliphatic carbocycles. The number of amides is 1. The van der Waals surface area contributed by atoms with Crippen molar-refractivity contribution in [2.75, 3.05) is 6.54 Å². The van der Waals surface area contributed by atoms with Gasteiger partial charge >= 0.3 is 0 Å². The van der Waals surface area contributed by atoms with E-state index in [-0.39, 0.29) is 30.4 Å². The molecule has 3 nitrogen and oxygen atoms in total. The van der Waals surface area contributed by atoms with Gasteiger partial charge in [-0.3, -0.25) is 4.79 Å². The maximum atomic E-state index is 12.2. The van der Waals surface area contributed by atoms with Gasteiger partial charge in [-0.05, 0) is 51.3 Å². The van der Waals surface area contributed by atoms with Crippen molar-refractivity contribution in [1.82, 2.24) is 10.6 Å². The van der Waals surface area contributed by atoms with Crippen molar-refractivity contribution in [3.8, 4) is 0 Å². The Morgan fingerprint density at radius 3 is 2.70 bits per heavy atom. The van der Waals surface area contributed by atoms with E-state index in [1.54, 1.807) is 0 Å². The second-order valence-electron chi connectivity index (χ2n) is 5.59. The van der Waals surface area contributed by atoms with Gasteiger partial charge in [0, 0.05) is 0 Å². The highest BCUT2D eigenvalue weighted by Gasteiger charge is 2.22. The van der Waals surface area contributed by atoms with E-state index in [1.165, 1.54) is 23.1 Å². The van der Waals surface area contributed by atoms with E-state index in [0.717, 1.165) is 19.4 Å². The molecule has 1 amide bonds. The van der Waals surface area contributed by atoms with Crippen molar-refractivity contribution in [3.05, 3.63) is 34.9 Å². The number of benzene rings is 1. The lowest BCUT2D eigenvalue weighted by Gasteiger charge is -2.25. The van der Waals surface area contributed by atoms with Gasteiger partial charge in [-0.15, -0.1) is 12.4 Å². The van der Waals surface area contributed by atoms with Crippen molar-refractivity contribution in [1.29, 1.82) is 0 Å². The number of hydrogen-bond donors (Lipinski definition) is 2. The Hall–Kier alpha value is -1.06. The van der Waals surface area contributed by atoms with Crippen molar-refractivity contribution in [2.24, 2.45) is 0 Å². The molecule has 2 rings (SSSR count). The van der Waals surface area contributed by atoms with Gasteiger partial charge in [-0.1, -0.05) is 30.2 Å². The average molecular weight is 297 g/mol. The van der Waals surface area contributed by atoms with E-state index in [9.17, 15) is 4.79 Å². The van der Waals surface area contributed by atoms with E-state index >= 15 is 0 Å². The van der Waals surface area contributed by atoms with Gasteiger partial charge < -0.3 is 10.6 Å². The SMILES string of the molecule is Cc1ccc(C(C)NC(=O)[C@@H]2CCCCN2)c(C)c1.Cl. The highest BCUT2D eigenvalue weighted by Crippen LogP contribution is 2.19. The second kappa shape index (κ2) is 7.65. The molecule has 0 aromatic heterocycles. The van der Waals surface area contributed by atoms with E-state index in [4.69, 9.17) is 0 Å². The van der Waals surface area contributed by atoms with Crippen molar-refractivity contribution in [3.63, 3.8) is 0 Å². The highest BCUT2D eigenvalue weighted by molar-refractivity contribution is 5.85. The Morgan fingerprint density at radius 2 is 2.10 bits per heavy atom. The van der Waals surface area contributed by atoms with Crippen LogP contribution in [0, 0.1) is 13.8 Å². The minimum atomic E-state index is -0.0121. The number of carbonyl (C=O) groups is 1. The fourth-order valence-electron chi connectivity index (χ4n) is 2.78. The van der Waals surface area contributed by atoms with E-state index in [0.29, 0.717) is 0 Å². The standard InChI is InChI=1S/C16H24N2O.ClH/c1-11-7-8-14(12(2)10-11)13(3)18-16(19)15-6-4-5-9-17-15;/h7-8,10,13,15,17H,4-6,9H2,1-3H3,(H,18,19);1H/t13?,15-;/m0./s1. The molecule has 0 radical (unpaired) electrons. The van der Waals surface area contributed by atoms with Gasteiger partial charge in [0.05, 0.1) is 12.1 Å². The summed E-state index contributed by atoms with van der Waals surface area (Å²) in [5.74, 6) is 0.132. The Morgan fingerprint density at radius 1 is 1.35 bits per heavy atom. The van der Waals surface area contributed by atoms with Crippen LogP contribution in [-0.4, -0.2) is 18.5 Å². The lowest BCUT2D eigenvalue weighted by atomic mass is 9.99. The molecule has 0 bridgehead atoms. The Bertz CT molecular complexity index is 456. The van der Waals surface area contributed by atoms with Gasteiger partial charge in [-0.2, -0.15) is 0 Å². The maximum Gasteiger partial charge on any atom is 0.237 e. The van der Waals surface area contributed by atoms with Crippen LogP contribution < -0.4 is 10.6 Å². The zero-order valence-electron chi connectivity index (χ0n) is 12.5. The van der Waals surface area contributed by atoms with Crippen LogP contribution in [0.2, 0.25) is 0 Å². The largest absolute Gasteiger partial charge is 0.348 e. The fraction of sp³-hybridized carbons (Fsp3) is 0.562. The van der Waals surface area contributed by atoms with Gasteiger partial charge in [-0.25, -0.2) is 0 Å². The van der Waals surface area contributed by atoms with Crippen LogP contribution >= 0.6 is 12.4 Å². The average Bonchev–Trinajstić information content (AvgIpc) is 2.39. The first-order valence-corrected chi connectivity index (χ1v) is 7.19. The summed E-state index contributed by atoms with van der Waals surface area (Å²) in [6.07, 6.45) is 3.27. The number of piperidine rings is 1. The third kappa shape index (κ3) is 4.22. The maximum absolute atomic E-state index is 12.2. The van der Waals surface area contributed by atoms with Crippen LogP contribution in [0.3, 0.4) is 0 Å². The number of hydrogen-bond acceptors (Lipinski definition) is 2. The fourth-order valence-corrected chi connectivity index (χ4v) is 2.78. The number of nitrogens with one attached hydrogen (secondary N) is 2. The van der Waals surface area contributed by atoms with Crippen molar-refractivity contribution < 1.29 is 4.79 Å². The second-order valence-corrected chi connectivity index (χ2v) is 5.59. The third-order valence-corrected chi connectivity index (χ3v) is 3.88. The van der Waals surface area contributed by atoms with Gasteiger partial charge in [0.2, 0.25) is 5.91 Å². The molecule has 1 fully saturated rings. The first kappa shape index (κ1) is 17.0. The molecular formula is C16H25ClN2O. The summed E-state index contributed by atoms with van der Waals surface area (Å²) in [5, 5.41) is 6.41. The molecular weight excluding hydrogens is 272 g/mol.